The maximum absolute atomic E-state index is 5.17. The third kappa shape index (κ3) is 161. The summed E-state index contributed by atoms with van der Waals surface area (Å²) in [6, 6.07) is 0. The van der Waals surface area contributed by atoms with Crippen molar-refractivity contribution in [1.29, 1.82) is 0 Å². The molecule has 0 amide bonds. The van der Waals surface area contributed by atoms with Gasteiger partial charge < -0.3 is 5.73 Å². The molecule has 0 heterocycles. The molecule has 1 heteroatoms. The molecule has 0 aliphatic carbocycles. The van der Waals surface area contributed by atoms with Crippen molar-refractivity contribution in [2.24, 2.45) is 23.5 Å². The molecule has 0 aromatic heterocycles. The molecule has 0 aromatic carbocycles. The highest BCUT2D eigenvalue weighted by molar-refractivity contribution is 4.38. The van der Waals surface area contributed by atoms with Gasteiger partial charge in [-0.15, -0.1) is 13.2 Å². The van der Waals surface area contributed by atoms with Gasteiger partial charge in [0.1, 0.15) is 0 Å². The van der Waals surface area contributed by atoms with Crippen molar-refractivity contribution >= 4 is 0 Å². The molecule has 0 saturated carbocycles. The molecule has 0 aliphatic heterocycles. The normalized spacial score (nSPS) is 8.50. The van der Waals surface area contributed by atoms with Gasteiger partial charge in [0, 0.05) is 0 Å². The van der Waals surface area contributed by atoms with Crippen molar-refractivity contribution in [2.45, 2.75) is 61.8 Å². The summed E-state index contributed by atoms with van der Waals surface area (Å²) in [5.41, 5.74) is 5.17. The minimum atomic E-state index is 0.662. The lowest BCUT2D eigenvalue weighted by Crippen LogP contribution is -2.05. The number of rotatable bonds is 2. The molecule has 16 heavy (non-hydrogen) atoms. The number of hydrogen-bond donors (Lipinski definition) is 1. The van der Waals surface area contributed by atoms with E-state index in [0.717, 1.165) is 18.4 Å². The van der Waals surface area contributed by atoms with Crippen LogP contribution in [0.2, 0.25) is 0 Å². The largest absolute Gasteiger partial charge is 0.330 e. The van der Waals surface area contributed by atoms with E-state index >= 15 is 0 Å². The Balaban J connectivity index is -0.0000000629. The molecule has 0 radical (unpaired) electrons. The van der Waals surface area contributed by atoms with Gasteiger partial charge in [0.2, 0.25) is 0 Å². The molecule has 102 valence electrons. The van der Waals surface area contributed by atoms with E-state index in [1.807, 2.05) is 0 Å². The molecule has 0 aromatic rings. The first-order chi connectivity index (χ1) is 7.27. The molecule has 0 atom stereocenters. The van der Waals surface area contributed by atoms with Crippen LogP contribution in [0.5, 0.6) is 0 Å². The second kappa shape index (κ2) is 24.1. The van der Waals surface area contributed by atoms with Crippen LogP contribution < -0.4 is 5.73 Å². The molecule has 2 N–H and O–H groups in total. The topological polar surface area (TPSA) is 26.0 Å². The maximum atomic E-state index is 5.17. The minimum Gasteiger partial charge on any atom is -0.330 e. The Kier molecular flexibility index (Phi) is 37.3. The highest BCUT2D eigenvalue weighted by Crippen LogP contribution is 1.93. The third-order valence-electron chi connectivity index (χ3n) is 1.29. The molecule has 0 fully saturated rings. The predicted molar refractivity (Wildman–Crippen MR) is 80.8 cm³/mol. The summed E-state index contributed by atoms with van der Waals surface area (Å²) in [6.07, 6.45) is 1.31. The third-order valence-corrected chi connectivity index (χ3v) is 1.29. The van der Waals surface area contributed by atoms with E-state index in [1.165, 1.54) is 6.42 Å². The Hall–Kier alpha value is -0.300. The lowest BCUT2D eigenvalue weighted by molar-refractivity contribution is 0.626. The van der Waals surface area contributed by atoms with Crippen molar-refractivity contribution in [3.63, 3.8) is 0 Å². The average molecular weight is 231 g/mol. The highest BCUT2D eigenvalue weighted by Gasteiger charge is 1.80. The number of hydrogen-bond acceptors (Lipinski definition) is 1. The molecular weight excluding hydrogens is 194 g/mol. The summed E-state index contributed by atoms with van der Waals surface area (Å²) in [7, 11) is 0. The zero-order chi connectivity index (χ0) is 14.1. The van der Waals surface area contributed by atoms with Crippen LogP contribution in [0.15, 0.2) is 13.2 Å². The van der Waals surface area contributed by atoms with Gasteiger partial charge in [-0.25, -0.2) is 0 Å². The Morgan fingerprint density at radius 1 is 0.812 bits per heavy atom. The predicted octanol–water partition coefficient (Wildman–Crippen LogP) is 5.12. The van der Waals surface area contributed by atoms with Gasteiger partial charge in [0.25, 0.3) is 0 Å². The second-order valence-corrected chi connectivity index (χ2v) is 5.16. The molecular formula is C15H37N. The van der Waals surface area contributed by atoms with Gasteiger partial charge in [0.05, 0.1) is 0 Å². The standard InChI is InChI=1S/C5H12.C4H11N.C4H10.C2H4/c1-4-5(2)3;1-4(2)3-5;1-4(2)3;1-2/h5H,4H2,1-3H3;4H,3,5H2,1-2H3;4H,1-3H3;1-2H2. The van der Waals surface area contributed by atoms with Gasteiger partial charge >= 0.3 is 0 Å². The van der Waals surface area contributed by atoms with Gasteiger partial charge in [-0.3, -0.25) is 0 Å². The molecule has 0 rings (SSSR count). The van der Waals surface area contributed by atoms with Crippen LogP contribution in [0, 0.1) is 17.8 Å². The lowest BCUT2D eigenvalue weighted by atomic mass is 10.2. The Morgan fingerprint density at radius 2 is 0.938 bits per heavy atom. The molecule has 0 aliphatic rings. The SMILES string of the molecule is C=C.CC(C)C.CC(C)CN.CCC(C)C. The van der Waals surface area contributed by atoms with Crippen LogP contribution in [0.25, 0.3) is 0 Å². The van der Waals surface area contributed by atoms with Crippen LogP contribution >= 0.6 is 0 Å². The zero-order valence-electron chi connectivity index (χ0n) is 13.1. The smallest absolute Gasteiger partial charge is 0.00541 e. The summed E-state index contributed by atoms with van der Waals surface area (Å²) >= 11 is 0. The van der Waals surface area contributed by atoms with Crippen molar-refractivity contribution in [3.05, 3.63) is 13.2 Å². The van der Waals surface area contributed by atoms with Crippen molar-refractivity contribution < 1.29 is 0 Å². The summed E-state index contributed by atoms with van der Waals surface area (Å²) in [6.45, 7) is 24.1. The van der Waals surface area contributed by atoms with E-state index in [-0.39, 0.29) is 0 Å². The first-order valence-corrected chi connectivity index (χ1v) is 6.47. The summed E-state index contributed by atoms with van der Waals surface area (Å²) in [5, 5.41) is 0. The molecule has 0 saturated heterocycles. The summed E-state index contributed by atoms with van der Waals surface area (Å²) < 4.78 is 0. The Labute approximate surface area is 106 Å². The molecule has 0 unspecified atom stereocenters. The fourth-order valence-corrected chi connectivity index (χ4v) is 0. The first-order valence-electron chi connectivity index (χ1n) is 6.47. The molecule has 1 nitrogen and oxygen atoms in total. The Bertz CT molecular complexity index is 74.7. The molecule has 0 spiro atoms. The lowest BCUT2D eigenvalue weighted by Gasteiger charge is -1.91. The van der Waals surface area contributed by atoms with E-state index in [9.17, 15) is 0 Å². The van der Waals surface area contributed by atoms with E-state index < -0.39 is 0 Å². The van der Waals surface area contributed by atoms with Gasteiger partial charge in [0.15, 0.2) is 0 Å². The minimum absolute atomic E-state index is 0.662. The van der Waals surface area contributed by atoms with E-state index in [2.05, 4.69) is 68.5 Å². The fraction of sp³-hybridized carbons (Fsp3) is 0.867. The van der Waals surface area contributed by atoms with Gasteiger partial charge in [-0.1, -0.05) is 61.8 Å². The van der Waals surface area contributed by atoms with Gasteiger partial charge in [-0.05, 0) is 24.3 Å². The van der Waals surface area contributed by atoms with Crippen molar-refractivity contribution in [2.75, 3.05) is 6.54 Å². The molecule has 0 bridgehead atoms. The van der Waals surface area contributed by atoms with E-state index in [0.29, 0.717) is 5.92 Å². The summed E-state index contributed by atoms with van der Waals surface area (Å²) in [4.78, 5) is 0. The average Bonchev–Trinajstić information content (AvgIpc) is 2.20. The zero-order valence-corrected chi connectivity index (χ0v) is 13.1. The Morgan fingerprint density at radius 3 is 0.938 bits per heavy atom. The first kappa shape index (κ1) is 24.8. The monoisotopic (exact) mass is 231 g/mol. The van der Waals surface area contributed by atoms with E-state index in [1.54, 1.807) is 0 Å². The fourth-order valence-electron chi connectivity index (χ4n) is 0. The van der Waals surface area contributed by atoms with Crippen molar-refractivity contribution in [1.82, 2.24) is 0 Å². The van der Waals surface area contributed by atoms with Crippen LogP contribution in [0.3, 0.4) is 0 Å². The number of nitrogens with two attached hydrogens (primary N) is 1. The van der Waals surface area contributed by atoms with Crippen LogP contribution in [0.4, 0.5) is 0 Å². The van der Waals surface area contributed by atoms with Crippen LogP contribution in [0.1, 0.15) is 61.8 Å². The van der Waals surface area contributed by atoms with Crippen molar-refractivity contribution in [3.8, 4) is 0 Å². The maximum Gasteiger partial charge on any atom is -0.00541 e. The quantitative estimate of drug-likeness (QED) is 0.656. The second-order valence-electron chi connectivity index (χ2n) is 5.16. The van der Waals surface area contributed by atoms with Crippen LogP contribution in [-0.2, 0) is 0 Å². The van der Waals surface area contributed by atoms with Gasteiger partial charge in [-0.2, -0.15) is 0 Å². The summed E-state index contributed by atoms with van der Waals surface area (Å²) in [5.74, 6) is 2.38. The van der Waals surface area contributed by atoms with E-state index in [4.69, 9.17) is 5.73 Å². The highest BCUT2D eigenvalue weighted by atomic mass is 14.5. The van der Waals surface area contributed by atoms with Crippen LogP contribution in [-0.4, -0.2) is 6.54 Å².